The van der Waals surface area contributed by atoms with E-state index in [2.05, 4.69) is 29.5 Å². The van der Waals surface area contributed by atoms with Crippen molar-refractivity contribution in [3.05, 3.63) is 53.8 Å². The van der Waals surface area contributed by atoms with Crippen molar-refractivity contribution >= 4 is 23.3 Å². The van der Waals surface area contributed by atoms with Crippen LogP contribution in [0.1, 0.15) is 82.5 Å². The van der Waals surface area contributed by atoms with Crippen molar-refractivity contribution in [2.24, 2.45) is 11.8 Å². The molecule has 0 unspecified atom stereocenters. The number of aliphatic hydroxyl groups excluding tert-OH is 1. The molecule has 4 rings (SSSR count). The summed E-state index contributed by atoms with van der Waals surface area (Å²) in [6.07, 6.45) is 8.95. The minimum Gasteiger partial charge on any atom is -0.490 e. The number of aliphatic hydroxyl groups is 1. The lowest BCUT2D eigenvalue weighted by Gasteiger charge is -2.36. The van der Waals surface area contributed by atoms with Gasteiger partial charge in [-0.1, -0.05) is 26.2 Å². The van der Waals surface area contributed by atoms with E-state index in [1.54, 1.807) is 23.1 Å². The van der Waals surface area contributed by atoms with E-state index >= 15 is 0 Å². The molecular formula is C36H53FN4O5. The van der Waals surface area contributed by atoms with Crippen LogP contribution in [0.15, 0.2) is 42.5 Å². The van der Waals surface area contributed by atoms with Gasteiger partial charge in [0.1, 0.15) is 11.6 Å². The van der Waals surface area contributed by atoms with Gasteiger partial charge in [-0.05, 0) is 101 Å². The Bertz CT molecular complexity index is 1260. The third-order valence-corrected chi connectivity index (χ3v) is 9.20. The summed E-state index contributed by atoms with van der Waals surface area (Å²) in [6, 6.07) is 9.51. The molecule has 0 saturated heterocycles. The molecule has 0 aromatic heterocycles. The van der Waals surface area contributed by atoms with Gasteiger partial charge in [0.15, 0.2) is 0 Å². The number of rotatable bonds is 8. The van der Waals surface area contributed by atoms with Crippen molar-refractivity contribution < 1.29 is 28.6 Å². The van der Waals surface area contributed by atoms with E-state index in [-0.39, 0.29) is 30.6 Å². The summed E-state index contributed by atoms with van der Waals surface area (Å²) in [7, 11) is 2.17. The standard InChI is InChI=1S/C36H53FN4O5/c1-25-21-41(26(2)24-42)35(43)32-20-31(39-36(44)38-30-15-13-29(37)14-16-30)17-18-33(32)46-27(3)10-8-9-19-45-34(25)23-40(4)22-28-11-6-5-7-12-28/h13-18,20,25-28,34,42H,5-12,19,21-24H2,1-4H3,(H2,38,39,44)/t25-,26-,27+,34-/m1/s1. The maximum absolute atomic E-state index is 14.3. The van der Waals surface area contributed by atoms with E-state index in [9.17, 15) is 19.1 Å². The molecule has 0 bridgehead atoms. The first-order valence-corrected chi connectivity index (χ1v) is 17.0. The molecule has 1 aliphatic carbocycles. The van der Waals surface area contributed by atoms with Crippen LogP contribution in [-0.2, 0) is 4.74 Å². The zero-order chi connectivity index (χ0) is 33.1. The number of nitrogens with zero attached hydrogens (tertiary/aromatic N) is 2. The second kappa shape index (κ2) is 17.6. The number of likely N-dealkylation sites (N-methyl/N-ethyl adjacent to an activating group) is 1. The van der Waals surface area contributed by atoms with Crippen molar-refractivity contribution in [1.29, 1.82) is 0 Å². The quantitative estimate of drug-likeness (QED) is 0.294. The Labute approximate surface area is 273 Å². The maximum atomic E-state index is 14.3. The van der Waals surface area contributed by atoms with Gasteiger partial charge >= 0.3 is 6.03 Å². The molecule has 3 amide bonds. The van der Waals surface area contributed by atoms with E-state index < -0.39 is 17.9 Å². The number of amides is 3. The predicted molar refractivity (Wildman–Crippen MR) is 180 cm³/mol. The minimum atomic E-state index is -0.527. The number of nitrogens with one attached hydrogen (secondary N) is 2. The second-order valence-electron chi connectivity index (χ2n) is 13.3. The van der Waals surface area contributed by atoms with Crippen LogP contribution in [0.3, 0.4) is 0 Å². The number of anilines is 2. The van der Waals surface area contributed by atoms with Crippen LogP contribution in [-0.4, -0.2) is 85.0 Å². The van der Waals surface area contributed by atoms with Crippen LogP contribution in [0.4, 0.5) is 20.6 Å². The van der Waals surface area contributed by atoms with E-state index in [1.807, 2.05) is 13.8 Å². The Morgan fingerprint density at radius 2 is 1.67 bits per heavy atom. The van der Waals surface area contributed by atoms with E-state index in [4.69, 9.17) is 9.47 Å². The fraction of sp³-hybridized carbons (Fsp3) is 0.611. The monoisotopic (exact) mass is 640 g/mol. The van der Waals surface area contributed by atoms with Crippen LogP contribution in [0.2, 0.25) is 0 Å². The summed E-state index contributed by atoms with van der Waals surface area (Å²) in [5.41, 5.74) is 1.14. The molecule has 2 aromatic carbocycles. The van der Waals surface area contributed by atoms with Crippen molar-refractivity contribution in [2.45, 2.75) is 90.4 Å². The summed E-state index contributed by atoms with van der Waals surface area (Å²) in [4.78, 5) is 31.2. The highest BCUT2D eigenvalue weighted by molar-refractivity contribution is 6.02. The van der Waals surface area contributed by atoms with Gasteiger partial charge in [0, 0.05) is 43.5 Å². The maximum Gasteiger partial charge on any atom is 0.323 e. The van der Waals surface area contributed by atoms with Gasteiger partial charge in [0.25, 0.3) is 5.91 Å². The van der Waals surface area contributed by atoms with Gasteiger partial charge < -0.3 is 35.0 Å². The van der Waals surface area contributed by atoms with E-state index in [1.165, 1.54) is 56.4 Å². The molecule has 3 N–H and O–H groups in total. The molecule has 254 valence electrons. The first-order valence-electron chi connectivity index (χ1n) is 17.0. The highest BCUT2D eigenvalue weighted by Crippen LogP contribution is 2.29. The summed E-state index contributed by atoms with van der Waals surface area (Å²) in [5, 5.41) is 15.7. The average molecular weight is 641 g/mol. The van der Waals surface area contributed by atoms with E-state index in [0.717, 1.165) is 38.3 Å². The Hall–Kier alpha value is -3.21. The van der Waals surface area contributed by atoms with Crippen molar-refractivity contribution in [2.75, 3.05) is 50.5 Å². The molecule has 1 fully saturated rings. The number of ether oxygens (including phenoxy) is 2. The smallest absolute Gasteiger partial charge is 0.323 e. The Morgan fingerprint density at radius 1 is 1.00 bits per heavy atom. The first kappa shape index (κ1) is 35.6. The lowest BCUT2D eigenvalue weighted by molar-refractivity contribution is -0.0190. The topological polar surface area (TPSA) is 103 Å². The van der Waals surface area contributed by atoms with Crippen LogP contribution in [0.5, 0.6) is 5.75 Å². The Balaban J connectivity index is 1.56. The second-order valence-corrected chi connectivity index (χ2v) is 13.3. The van der Waals surface area contributed by atoms with Gasteiger partial charge in [-0.15, -0.1) is 0 Å². The predicted octanol–water partition coefficient (Wildman–Crippen LogP) is 6.78. The van der Waals surface area contributed by atoms with Crippen LogP contribution >= 0.6 is 0 Å². The zero-order valence-corrected chi connectivity index (χ0v) is 28.0. The number of carbonyl (C=O) groups is 2. The number of hydrogen-bond acceptors (Lipinski definition) is 6. The molecule has 1 saturated carbocycles. The van der Waals surface area contributed by atoms with Crippen LogP contribution in [0, 0.1) is 17.7 Å². The van der Waals surface area contributed by atoms with Gasteiger partial charge in [-0.3, -0.25) is 4.79 Å². The molecule has 0 spiro atoms. The van der Waals surface area contributed by atoms with Crippen molar-refractivity contribution in [3.63, 3.8) is 0 Å². The normalized spacial score (nSPS) is 22.8. The lowest BCUT2D eigenvalue weighted by atomic mass is 9.89. The lowest BCUT2D eigenvalue weighted by Crippen LogP contribution is -2.47. The van der Waals surface area contributed by atoms with Crippen molar-refractivity contribution in [3.8, 4) is 5.75 Å². The van der Waals surface area contributed by atoms with Gasteiger partial charge in [-0.2, -0.15) is 0 Å². The summed E-state index contributed by atoms with van der Waals surface area (Å²) in [5.74, 6) is 0.469. The highest BCUT2D eigenvalue weighted by atomic mass is 19.1. The molecule has 9 nitrogen and oxygen atoms in total. The average Bonchev–Trinajstić information content (AvgIpc) is 3.04. The minimum absolute atomic E-state index is 0.000725. The fourth-order valence-electron chi connectivity index (χ4n) is 6.48. The number of benzene rings is 2. The molecule has 2 aliphatic rings. The summed E-state index contributed by atoms with van der Waals surface area (Å²) < 4.78 is 26.1. The summed E-state index contributed by atoms with van der Waals surface area (Å²) >= 11 is 0. The Morgan fingerprint density at radius 3 is 2.39 bits per heavy atom. The third kappa shape index (κ3) is 10.7. The number of carbonyl (C=O) groups excluding carboxylic acids is 2. The first-order chi connectivity index (χ1) is 22.1. The molecule has 10 heteroatoms. The number of urea groups is 1. The zero-order valence-electron chi connectivity index (χ0n) is 28.0. The largest absolute Gasteiger partial charge is 0.490 e. The molecule has 1 aliphatic heterocycles. The highest BCUT2D eigenvalue weighted by Gasteiger charge is 2.31. The van der Waals surface area contributed by atoms with Gasteiger partial charge in [0.2, 0.25) is 0 Å². The van der Waals surface area contributed by atoms with Gasteiger partial charge in [0.05, 0.1) is 30.4 Å². The molecule has 1 heterocycles. The third-order valence-electron chi connectivity index (χ3n) is 9.20. The van der Waals surface area contributed by atoms with E-state index in [0.29, 0.717) is 35.8 Å². The Kier molecular flexibility index (Phi) is 13.7. The fourth-order valence-corrected chi connectivity index (χ4v) is 6.48. The molecule has 46 heavy (non-hydrogen) atoms. The molecule has 2 aromatic rings. The number of fused-ring (bicyclic) bond motifs is 1. The van der Waals surface area contributed by atoms with Crippen molar-refractivity contribution in [1.82, 2.24) is 9.80 Å². The van der Waals surface area contributed by atoms with Gasteiger partial charge in [-0.25, -0.2) is 9.18 Å². The number of hydrogen-bond donors (Lipinski definition) is 3. The SMILES string of the molecule is C[C@@H]1CN([C@H](C)CO)C(=O)c2cc(NC(=O)Nc3ccc(F)cc3)ccc2O[C@@H](C)CCCCO[C@@H]1CN(C)CC1CCCCC1. The van der Waals surface area contributed by atoms with Crippen LogP contribution < -0.4 is 15.4 Å². The van der Waals surface area contributed by atoms with Crippen LogP contribution in [0.25, 0.3) is 0 Å². The molecular weight excluding hydrogens is 587 g/mol. The summed E-state index contributed by atoms with van der Waals surface area (Å²) in [6.45, 7) is 8.61. The molecule has 0 radical (unpaired) electrons. The number of halogens is 1. The molecule has 4 atom stereocenters.